The van der Waals surface area contributed by atoms with Crippen molar-refractivity contribution in [2.24, 2.45) is 0 Å². The Bertz CT molecular complexity index is 633. The quantitative estimate of drug-likeness (QED) is 0.781. The molecule has 3 nitrogen and oxygen atoms in total. The standard InChI is InChI=1S/C18H19NO2/c1-2-14(18(20)21)12-13-19-17-11-7-6-10-16(17)15-8-4-3-5-9-15/h3-12,19H,2,13H2,1H3,(H,20,21)/b14-12-. The number of hydrogen-bond acceptors (Lipinski definition) is 2. The molecule has 0 radical (unpaired) electrons. The number of para-hydroxylation sites is 1. The fourth-order valence-electron chi connectivity index (χ4n) is 2.17. The van der Waals surface area contributed by atoms with Crippen LogP contribution < -0.4 is 5.32 Å². The predicted molar refractivity (Wildman–Crippen MR) is 86.4 cm³/mol. The van der Waals surface area contributed by atoms with E-state index in [2.05, 4.69) is 23.5 Å². The molecule has 0 aliphatic carbocycles. The van der Waals surface area contributed by atoms with Gasteiger partial charge in [-0.2, -0.15) is 0 Å². The molecule has 0 unspecified atom stereocenters. The minimum Gasteiger partial charge on any atom is -0.478 e. The molecule has 0 aromatic heterocycles. The molecule has 3 heteroatoms. The highest BCUT2D eigenvalue weighted by Crippen LogP contribution is 2.27. The summed E-state index contributed by atoms with van der Waals surface area (Å²) in [5, 5.41) is 12.3. The first kappa shape index (κ1) is 14.9. The first-order valence-corrected chi connectivity index (χ1v) is 7.03. The molecule has 108 valence electrons. The number of benzene rings is 2. The summed E-state index contributed by atoms with van der Waals surface area (Å²) in [7, 11) is 0. The third kappa shape index (κ3) is 3.96. The molecule has 0 bridgehead atoms. The second-order valence-corrected chi connectivity index (χ2v) is 4.68. The lowest BCUT2D eigenvalue weighted by Gasteiger charge is -2.11. The fourth-order valence-corrected chi connectivity index (χ4v) is 2.17. The number of carbonyl (C=O) groups is 1. The Morgan fingerprint density at radius 3 is 2.43 bits per heavy atom. The van der Waals surface area contributed by atoms with Crippen LogP contribution in [-0.2, 0) is 4.79 Å². The van der Waals surface area contributed by atoms with Crippen molar-refractivity contribution >= 4 is 11.7 Å². The maximum Gasteiger partial charge on any atom is 0.331 e. The van der Waals surface area contributed by atoms with Crippen molar-refractivity contribution in [1.29, 1.82) is 0 Å². The summed E-state index contributed by atoms with van der Waals surface area (Å²) < 4.78 is 0. The van der Waals surface area contributed by atoms with Crippen molar-refractivity contribution < 1.29 is 9.90 Å². The van der Waals surface area contributed by atoms with Crippen molar-refractivity contribution in [2.45, 2.75) is 13.3 Å². The molecule has 0 amide bonds. The number of anilines is 1. The van der Waals surface area contributed by atoms with E-state index in [4.69, 9.17) is 5.11 Å². The lowest BCUT2D eigenvalue weighted by atomic mass is 10.0. The third-order valence-corrected chi connectivity index (χ3v) is 3.31. The summed E-state index contributed by atoms with van der Waals surface area (Å²) in [5.41, 5.74) is 3.68. The Labute approximate surface area is 124 Å². The van der Waals surface area contributed by atoms with Gasteiger partial charge >= 0.3 is 5.97 Å². The first-order chi connectivity index (χ1) is 10.2. The largest absolute Gasteiger partial charge is 0.478 e. The van der Waals surface area contributed by atoms with Crippen LogP contribution in [0.3, 0.4) is 0 Å². The van der Waals surface area contributed by atoms with Gasteiger partial charge in [0.25, 0.3) is 0 Å². The summed E-state index contributed by atoms with van der Waals surface area (Å²) in [6.45, 7) is 2.34. The second kappa shape index (κ2) is 7.29. The molecule has 21 heavy (non-hydrogen) atoms. The number of hydrogen-bond donors (Lipinski definition) is 2. The second-order valence-electron chi connectivity index (χ2n) is 4.68. The average Bonchev–Trinajstić information content (AvgIpc) is 2.52. The summed E-state index contributed by atoms with van der Waals surface area (Å²) in [6.07, 6.45) is 2.25. The van der Waals surface area contributed by atoms with Gasteiger partial charge in [-0.05, 0) is 18.1 Å². The third-order valence-electron chi connectivity index (χ3n) is 3.31. The van der Waals surface area contributed by atoms with Crippen LogP contribution in [0.25, 0.3) is 11.1 Å². The molecular formula is C18H19NO2. The van der Waals surface area contributed by atoms with Gasteiger partial charge in [0.2, 0.25) is 0 Å². The van der Waals surface area contributed by atoms with Crippen LogP contribution in [0.2, 0.25) is 0 Å². The predicted octanol–water partition coefficient (Wildman–Crippen LogP) is 4.19. The van der Waals surface area contributed by atoms with E-state index in [0.29, 0.717) is 18.5 Å². The normalized spacial score (nSPS) is 11.2. The molecule has 2 aromatic rings. The van der Waals surface area contributed by atoms with Crippen LogP contribution in [0.1, 0.15) is 13.3 Å². The maximum atomic E-state index is 11.0. The maximum absolute atomic E-state index is 11.0. The van der Waals surface area contributed by atoms with Gasteiger partial charge in [0.1, 0.15) is 0 Å². The van der Waals surface area contributed by atoms with E-state index in [1.54, 1.807) is 6.08 Å². The van der Waals surface area contributed by atoms with Crippen molar-refractivity contribution in [2.75, 3.05) is 11.9 Å². The molecule has 2 rings (SSSR count). The Balaban J connectivity index is 2.17. The zero-order chi connectivity index (χ0) is 15.1. The summed E-state index contributed by atoms with van der Waals surface area (Å²) in [5.74, 6) is -0.851. The van der Waals surface area contributed by atoms with E-state index in [1.165, 1.54) is 0 Å². The monoisotopic (exact) mass is 281 g/mol. The van der Waals surface area contributed by atoms with E-state index < -0.39 is 5.97 Å². The molecule has 2 N–H and O–H groups in total. The molecule has 0 fully saturated rings. The number of rotatable bonds is 6. The van der Waals surface area contributed by atoms with Crippen LogP contribution in [-0.4, -0.2) is 17.6 Å². The van der Waals surface area contributed by atoms with Gasteiger partial charge in [0, 0.05) is 23.4 Å². The van der Waals surface area contributed by atoms with Gasteiger partial charge in [-0.1, -0.05) is 61.5 Å². The minimum absolute atomic E-state index is 0.430. The molecule has 2 aromatic carbocycles. The van der Waals surface area contributed by atoms with E-state index in [1.807, 2.05) is 43.3 Å². The zero-order valence-electron chi connectivity index (χ0n) is 12.0. The molecule has 0 heterocycles. The van der Waals surface area contributed by atoms with E-state index in [0.717, 1.165) is 16.8 Å². The highest BCUT2D eigenvalue weighted by molar-refractivity contribution is 5.86. The number of carboxylic acids is 1. The molecule has 0 aliphatic heterocycles. The van der Waals surface area contributed by atoms with Crippen LogP contribution in [0.4, 0.5) is 5.69 Å². The number of carboxylic acid groups (broad SMARTS) is 1. The molecule has 0 saturated heterocycles. The van der Waals surface area contributed by atoms with Crippen LogP contribution in [0, 0.1) is 0 Å². The highest BCUT2D eigenvalue weighted by atomic mass is 16.4. The summed E-state index contributed by atoms with van der Waals surface area (Å²) >= 11 is 0. The van der Waals surface area contributed by atoms with Gasteiger partial charge in [-0.3, -0.25) is 0 Å². The molecule has 0 aliphatic rings. The number of aliphatic carboxylic acids is 1. The van der Waals surface area contributed by atoms with Crippen molar-refractivity contribution in [3.8, 4) is 11.1 Å². The van der Waals surface area contributed by atoms with Gasteiger partial charge in [0.05, 0.1) is 0 Å². The average molecular weight is 281 g/mol. The van der Waals surface area contributed by atoms with Crippen LogP contribution in [0.5, 0.6) is 0 Å². The van der Waals surface area contributed by atoms with E-state index in [-0.39, 0.29) is 0 Å². The lowest BCUT2D eigenvalue weighted by Crippen LogP contribution is -2.05. The Morgan fingerprint density at radius 2 is 1.76 bits per heavy atom. The van der Waals surface area contributed by atoms with E-state index >= 15 is 0 Å². The highest BCUT2D eigenvalue weighted by Gasteiger charge is 2.05. The van der Waals surface area contributed by atoms with Crippen molar-refractivity contribution in [3.05, 3.63) is 66.2 Å². The van der Waals surface area contributed by atoms with Gasteiger partial charge in [-0.15, -0.1) is 0 Å². The van der Waals surface area contributed by atoms with E-state index in [9.17, 15) is 4.79 Å². The lowest BCUT2D eigenvalue weighted by molar-refractivity contribution is -0.132. The fraction of sp³-hybridized carbons (Fsp3) is 0.167. The van der Waals surface area contributed by atoms with Crippen molar-refractivity contribution in [3.63, 3.8) is 0 Å². The minimum atomic E-state index is -0.851. The van der Waals surface area contributed by atoms with Gasteiger partial charge in [-0.25, -0.2) is 4.79 Å². The summed E-state index contributed by atoms with van der Waals surface area (Å²) in [4.78, 5) is 11.0. The zero-order valence-corrected chi connectivity index (χ0v) is 12.0. The summed E-state index contributed by atoms with van der Waals surface area (Å²) in [6, 6.07) is 18.1. The van der Waals surface area contributed by atoms with Crippen molar-refractivity contribution in [1.82, 2.24) is 0 Å². The smallest absolute Gasteiger partial charge is 0.331 e. The molecule has 0 spiro atoms. The van der Waals surface area contributed by atoms with Crippen LogP contribution >= 0.6 is 0 Å². The molecule has 0 saturated carbocycles. The first-order valence-electron chi connectivity index (χ1n) is 7.03. The topological polar surface area (TPSA) is 49.3 Å². The Kier molecular flexibility index (Phi) is 5.16. The Hall–Kier alpha value is -2.55. The molecular weight excluding hydrogens is 262 g/mol. The number of nitrogens with one attached hydrogen (secondary N) is 1. The van der Waals surface area contributed by atoms with Gasteiger partial charge < -0.3 is 10.4 Å². The SMILES string of the molecule is CC/C(=C/CNc1ccccc1-c1ccccc1)C(=O)O. The van der Waals surface area contributed by atoms with Crippen LogP contribution in [0.15, 0.2) is 66.2 Å². The van der Waals surface area contributed by atoms with Gasteiger partial charge in [0.15, 0.2) is 0 Å². The Morgan fingerprint density at radius 1 is 1.10 bits per heavy atom. The molecule has 0 atom stereocenters.